The van der Waals surface area contributed by atoms with Crippen LogP contribution in [0.25, 0.3) is 0 Å². The Bertz CT molecular complexity index is 504. The summed E-state index contributed by atoms with van der Waals surface area (Å²) in [6.45, 7) is 7.41. The average Bonchev–Trinajstić information content (AvgIpc) is 3.06. The number of rotatable bonds is 3. The Kier molecular flexibility index (Phi) is 3.68. The molecule has 0 radical (unpaired) electrons. The van der Waals surface area contributed by atoms with Gasteiger partial charge in [0.05, 0.1) is 0 Å². The van der Waals surface area contributed by atoms with Gasteiger partial charge < -0.3 is 9.80 Å². The fourth-order valence-electron chi connectivity index (χ4n) is 3.28. The van der Waals surface area contributed by atoms with Crippen molar-refractivity contribution in [1.29, 1.82) is 0 Å². The molecule has 3 heteroatoms. The molecule has 0 saturated carbocycles. The summed E-state index contributed by atoms with van der Waals surface area (Å²) in [6.07, 6.45) is 4.25. The van der Waals surface area contributed by atoms with Crippen molar-refractivity contribution < 1.29 is 4.79 Å². The Balaban J connectivity index is 1.79. The Morgan fingerprint density at radius 2 is 1.95 bits per heavy atom. The van der Waals surface area contributed by atoms with Crippen LogP contribution in [0, 0.1) is 5.92 Å². The van der Waals surface area contributed by atoms with Gasteiger partial charge in [0.1, 0.15) is 0 Å². The molecule has 2 heterocycles. The van der Waals surface area contributed by atoms with E-state index in [1.54, 1.807) is 0 Å². The number of hydrogen-bond acceptors (Lipinski definition) is 2. The molecule has 108 valence electrons. The monoisotopic (exact) mass is 272 g/mol. The molecule has 1 aromatic carbocycles. The van der Waals surface area contributed by atoms with E-state index >= 15 is 0 Å². The molecule has 0 unspecified atom stereocenters. The maximum Gasteiger partial charge on any atom is 0.227 e. The number of benzene rings is 1. The van der Waals surface area contributed by atoms with Gasteiger partial charge in [0.2, 0.25) is 5.91 Å². The summed E-state index contributed by atoms with van der Waals surface area (Å²) in [5.74, 6) is 0.697. The van der Waals surface area contributed by atoms with Crippen LogP contribution < -0.4 is 9.80 Å². The van der Waals surface area contributed by atoms with Crippen LogP contribution in [0.2, 0.25) is 0 Å². The first-order chi connectivity index (χ1) is 9.65. The Hall–Kier alpha value is -1.51. The average molecular weight is 272 g/mol. The molecule has 0 N–H and O–H groups in total. The van der Waals surface area contributed by atoms with E-state index in [9.17, 15) is 4.79 Å². The Labute approximate surface area is 121 Å². The van der Waals surface area contributed by atoms with E-state index in [0.717, 1.165) is 18.7 Å². The van der Waals surface area contributed by atoms with E-state index in [4.69, 9.17) is 0 Å². The highest BCUT2D eigenvalue weighted by molar-refractivity contribution is 5.95. The van der Waals surface area contributed by atoms with Crippen molar-refractivity contribution in [1.82, 2.24) is 0 Å². The second-order valence-corrected chi connectivity index (χ2v) is 6.40. The highest BCUT2D eigenvalue weighted by Crippen LogP contribution is 2.33. The number of amides is 1. The first-order valence-corrected chi connectivity index (χ1v) is 7.83. The van der Waals surface area contributed by atoms with Crippen LogP contribution in [0.15, 0.2) is 18.2 Å². The Morgan fingerprint density at radius 1 is 1.20 bits per heavy atom. The summed E-state index contributed by atoms with van der Waals surface area (Å²) in [7, 11) is 0. The van der Waals surface area contributed by atoms with Gasteiger partial charge in [-0.2, -0.15) is 0 Å². The van der Waals surface area contributed by atoms with Crippen LogP contribution in [0.4, 0.5) is 11.4 Å². The van der Waals surface area contributed by atoms with Gasteiger partial charge >= 0.3 is 0 Å². The molecule has 1 saturated heterocycles. The lowest BCUT2D eigenvalue weighted by Crippen LogP contribution is -2.29. The van der Waals surface area contributed by atoms with Gasteiger partial charge in [-0.25, -0.2) is 0 Å². The molecule has 0 bridgehead atoms. The maximum absolute atomic E-state index is 12.3. The Morgan fingerprint density at radius 3 is 2.65 bits per heavy atom. The van der Waals surface area contributed by atoms with Crippen molar-refractivity contribution in [3.05, 3.63) is 23.8 Å². The molecule has 2 aliphatic rings. The zero-order valence-electron chi connectivity index (χ0n) is 12.6. The van der Waals surface area contributed by atoms with Crippen molar-refractivity contribution in [2.75, 3.05) is 29.4 Å². The number of hydrogen-bond donors (Lipinski definition) is 0. The molecule has 3 rings (SSSR count). The number of carbonyl (C=O) groups is 1. The molecule has 20 heavy (non-hydrogen) atoms. The summed E-state index contributed by atoms with van der Waals surface area (Å²) < 4.78 is 0. The molecule has 0 aliphatic carbocycles. The number of carbonyl (C=O) groups excluding carboxylic acids is 1. The van der Waals surface area contributed by atoms with Crippen LogP contribution in [0.3, 0.4) is 0 Å². The third kappa shape index (κ3) is 2.54. The fourth-order valence-corrected chi connectivity index (χ4v) is 3.28. The van der Waals surface area contributed by atoms with Crippen molar-refractivity contribution in [2.45, 2.75) is 39.5 Å². The van der Waals surface area contributed by atoms with Crippen molar-refractivity contribution in [2.24, 2.45) is 5.92 Å². The third-order valence-corrected chi connectivity index (χ3v) is 4.31. The van der Waals surface area contributed by atoms with Gasteiger partial charge in [0, 0.05) is 37.4 Å². The normalized spacial score (nSPS) is 17.9. The predicted molar refractivity (Wildman–Crippen MR) is 83.4 cm³/mol. The van der Waals surface area contributed by atoms with Gasteiger partial charge in [-0.3, -0.25) is 4.79 Å². The lowest BCUT2D eigenvalue weighted by molar-refractivity contribution is -0.119. The zero-order chi connectivity index (χ0) is 14.1. The van der Waals surface area contributed by atoms with Gasteiger partial charge in [-0.05, 0) is 48.9 Å². The third-order valence-electron chi connectivity index (χ3n) is 4.31. The predicted octanol–water partition coefficient (Wildman–Crippen LogP) is 3.22. The van der Waals surface area contributed by atoms with Crippen molar-refractivity contribution in [3.63, 3.8) is 0 Å². The summed E-state index contributed by atoms with van der Waals surface area (Å²) in [4.78, 5) is 16.7. The van der Waals surface area contributed by atoms with Crippen molar-refractivity contribution in [3.8, 4) is 0 Å². The molecule has 0 spiro atoms. The maximum atomic E-state index is 12.3. The fraction of sp³-hybridized carbons (Fsp3) is 0.588. The minimum absolute atomic E-state index is 0.271. The SMILES string of the molecule is CC(C)CC(=O)N1CCc2cc(N3CCCC3)ccc21. The quantitative estimate of drug-likeness (QED) is 0.843. The van der Waals surface area contributed by atoms with Crippen LogP contribution in [-0.2, 0) is 11.2 Å². The molecule has 1 amide bonds. The lowest BCUT2D eigenvalue weighted by atomic mass is 10.1. The number of anilines is 2. The zero-order valence-corrected chi connectivity index (χ0v) is 12.6. The minimum atomic E-state index is 0.271. The van der Waals surface area contributed by atoms with E-state index in [2.05, 4.69) is 36.9 Å². The molecule has 0 atom stereocenters. The summed E-state index contributed by atoms with van der Waals surface area (Å²) in [5, 5.41) is 0. The lowest BCUT2D eigenvalue weighted by Gasteiger charge is -2.21. The van der Waals surface area contributed by atoms with Crippen LogP contribution in [0.1, 0.15) is 38.7 Å². The van der Waals surface area contributed by atoms with E-state index < -0.39 is 0 Å². The van der Waals surface area contributed by atoms with Crippen LogP contribution in [0.5, 0.6) is 0 Å². The topological polar surface area (TPSA) is 23.6 Å². The minimum Gasteiger partial charge on any atom is -0.372 e. The van der Waals surface area contributed by atoms with Crippen molar-refractivity contribution >= 4 is 17.3 Å². The van der Waals surface area contributed by atoms with Crippen LogP contribution >= 0.6 is 0 Å². The molecule has 2 aliphatic heterocycles. The summed E-state index contributed by atoms with van der Waals surface area (Å²) in [6, 6.07) is 6.63. The van der Waals surface area contributed by atoms with E-state index in [1.165, 1.54) is 37.2 Å². The smallest absolute Gasteiger partial charge is 0.227 e. The van der Waals surface area contributed by atoms with Crippen LogP contribution in [-0.4, -0.2) is 25.5 Å². The highest BCUT2D eigenvalue weighted by Gasteiger charge is 2.25. The largest absolute Gasteiger partial charge is 0.372 e. The first kappa shape index (κ1) is 13.5. The van der Waals surface area contributed by atoms with E-state index in [-0.39, 0.29) is 5.91 Å². The number of nitrogens with zero attached hydrogens (tertiary/aromatic N) is 2. The molecule has 0 aromatic heterocycles. The van der Waals surface area contributed by atoms with Gasteiger partial charge in [-0.15, -0.1) is 0 Å². The summed E-state index contributed by atoms with van der Waals surface area (Å²) >= 11 is 0. The number of fused-ring (bicyclic) bond motifs is 1. The second kappa shape index (κ2) is 5.47. The first-order valence-electron chi connectivity index (χ1n) is 7.83. The molecule has 3 nitrogen and oxygen atoms in total. The molecule has 1 fully saturated rings. The molecular weight excluding hydrogens is 248 g/mol. The standard InChI is InChI=1S/C17H24N2O/c1-13(2)11-17(20)19-10-7-14-12-15(5-6-16(14)19)18-8-3-4-9-18/h5-6,12-13H,3-4,7-11H2,1-2H3. The highest BCUT2D eigenvalue weighted by atomic mass is 16.2. The second-order valence-electron chi connectivity index (χ2n) is 6.40. The summed E-state index contributed by atoms with van der Waals surface area (Å²) in [5.41, 5.74) is 3.81. The van der Waals surface area contributed by atoms with Gasteiger partial charge in [-0.1, -0.05) is 13.8 Å². The molecule has 1 aromatic rings. The van der Waals surface area contributed by atoms with Gasteiger partial charge in [0.25, 0.3) is 0 Å². The van der Waals surface area contributed by atoms with E-state index in [1.807, 2.05) is 4.90 Å². The molecular formula is C17H24N2O. The van der Waals surface area contributed by atoms with Gasteiger partial charge in [0.15, 0.2) is 0 Å². The van der Waals surface area contributed by atoms with E-state index in [0.29, 0.717) is 12.3 Å².